The first-order chi connectivity index (χ1) is 7.99. The molecule has 0 saturated heterocycles. The van der Waals surface area contributed by atoms with Crippen molar-refractivity contribution >= 4 is 16.9 Å². The highest BCUT2D eigenvalue weighted by Gasteiger charge is 2.22. The van der Waals surface area contributed by atoms with Crippen molar-refractivity contribution in [2.75, 3.05) is 52.7 Å². The van der Waals surface area contributed by atoms with E-state index < -0.39 is 0 Å². The van der Waals surface area contributed by atoms with Gasteiger partial charge in [-0.2, -0.15) is 0 Å². The van der Waals surface area contributed by atoms with Crippen LogP contribution in [0.3, 0.4) is 0 Å². The Balaban J connectivity index is 2.02. The van der Waals surface area contributed by atoms with Gasteiger partial charge < -0.3 is 15.0 Å². The second kappa shape index (κ2) is 7.24. The lowest BCUT2D eigenvalue weighted by Crippen LogP contribution is -2.33. The molecule has 0 aromatic heterocycles. The van der Waals surface area contributed by atoms with Crippen molar-refractivity contribution < 1.29 is 4.74 Å². The van der Waals surface area contributed by atoms with Crippen LogP contribution in [0.1, 0.15) is 13.8 Å². The van der Waals surface area contributed by atoms with Gasteiger partial charge in [0.1, 0.15) is 0 Å². The topological polar surface area (TPSA) is 36.9 Å². The number of aliphatic imine (C=N–C) groups is 1. The minimum Gasteiger partial charge on any atom is -0.378 e. The number of amidine groups is 1. The lowest BCUT2D eigenvalue weighted by Gasteiger charge is -2.27. The fraction of sp³-hybridized carbons (Fsp3) is 0.917. The van der Waals surface area contributed by atoms with Crippen molar-refractivity contribution in [2.45, 2.75) is 13.8 Å². The van der Waals surface area contributed by atoms with E-state index in [0.717, 1.165) is 43.8 Å². The van der Waals surface area contributed by atoms with Gasteiger partial charge in [0.15, 0.2) is 5.17 Å². The Morgan fingerprint density at radius 1 is 1.41 bits per heavy atom. The van der Waals surface area contributed by atoms with Crippen molar-refractivity contribution in [1.82, 2.24) is 10.2 Å². The number of likely N-dealkylation sites (N-methyl/N-ethyl adjacent to an activating group) is 1. The molecule has 4 nitrogen and oxygen atoms in total. The zero-order chi connectivity index (χ0) is 12.7. The van der Waals surface area contributed by atoms with Gasteiger partial charge in [-0.3, -0.25) is 4.99 Å². The summed E-state index contributed by atoms with van der Waals surface area (Å²) in [6.45, 7) is 8.79. The maximum absolute atomic E-state index is 5.51. The summed E-state index contributed by atoms with van der Waals surface area (Å²) in [5.74, 6) is 1.14. The predicted octanol–water partition coefficient (Wildman–Crippen LogP) is 1.28. The van der Waals surface area contributed by atoms with E-state index in [1.165, 1.54) is 0 Å². The van der Waals surface area contributed by atoms with Crippen molar-refractivity contribution in [3.05, 3.63) is 0 Å². The molecule has 0 aliphatic carbocycles. The zero-order valence-electron chi connectivity index (χ0n) is 11.5. The first-order valence-corrected chi connectivity index (χ1v) is 7.12. The van der Waals surface area contributed by atoms with Crippen molar-refractivity contribution in [1.29, 1.82) is 0 Å². The van der Waals surface area contributed by atoms with E-state index in [4.69, 9.17) is 4.74 Å². The van der Waals surface area contributed by atoms with Crippen LogP contribution in [0.25, 0.3) is 0 Å². The van der Waals surface area contributed by atoms with Crippen LogP contribution in [-0.4, -0.2) is 62.8 Å². The number of hydrogen-bond acceptors (Lipinski definition) is 5. The Bertz CT molecular complexity index is 254. The molecule has 1 rings (SSSR count). The van der Waals surface area contributed by atoms with Gasteiger partial charge in [0, 0.05) is 25.4 Å². The molecule has 1 heterocycles. The molecule has 0 radical (unpaired) electrons. The fourth-order valence-corrected chi connectivity index (χ4v) is 2.31. The van der Waals surface area contributed by atoms with Gasteiger partial charge in [0.05, 0.1) is 13.2 Å². The summed E-state index contributed by atoms with van der Waals surface area (Å²) in [5, 5.41) is 4.39. The summed E-state index contributed by atoms with van der Waals surface area (Å²) in [5.41, 5.74) is 0.345. The number of nitrogens with one attached hydrogen (secondary N) is 1. The Kier molecular flexibility index (Phi) is 6.30. The summed E-state index contributed by atoms with van der Waals surface area (Å²) >= 11 is 1.81. The number of nitrogens with zero attached hydrogens (tertiary/aromatic N) is 2. The van der Waals surface area contributed by atoms with Gasteiger partial charge in [-0.05, 0) is 19.5 Å². The molecule has 0 atom stereocenters. The van der Waals surface area contributed by atoms with E-state index in [1.807, 2.05) is 11.8 Å². The third-order valence-electron chi connectivity index (χ3n) is 2.46. The molecule has 5 heteroatoms. The van der Waals surface area contributed by atoms with Gasteiger partial charge in [0.25, 0.3) is 0 Å². The molecule has 0 saturated carbocycles. The Hall–Kier alpha value is -0.260. The molecule has 1 aliphatic heterocycles. The van der Waals surface area contributed by atoms with Crippen LogP contribution in [0, 0.1) is 5.41 Å². The van der Waals surface area contributed by atoms with E-state index in [1.54, 1.807) is 0 Å². The number of ether oxygens (including phenoxy) is 1. The van der Waals surface area contributed by atoms with Gasteiger partial charge in [0.2, 0.25) is 0 Å². The van der Waals surface area contributed by atoms with Crippen LogP contribution in [0.4, 0.5) is 0 Å². The van der Waals surface area contributed by atoms with Crippen LogP contribution in [-0.2, 0) is 4.74 Å². The molecule has 0 aromatic carbocycles. The molecular formula is C12H25N3OS. The summed E-state index contributed by atoms with van der Waals surface area (Å²) in [6, 6.07) is 0. The highest BCUT2D eigenvalue weighted by molar-refractivity contribution is 8.13. The van der Waals surface area contributed by atoms with Crippen LogP contribution in [0.5, 0.6) is 0 Å². The minimum absolute atomic E-state index is 0.345. The summed E-state index contributed by atoms with van der Waals surface area (Å²) in [6.07, 6.45) is 0. The SMILES string of the molecule is CN(C)CCOCCNC1=NCC(C)(C)CS1. The highest BCUT2D eigenvalue weighted by Crippen LogP contribution is 2.26. The minimum atomic E-state index is 0.345. The normalized spacial score (nSPS) is 19.2. The second-order valence-electron chi connectivity index (χ2n) is 5.42. The summed E-state index contributed by atoms with van der Waals surface area (Å²) in [7, 11) is 4.10. The second-order valence-corrected chi connectivity index (χ2v) is 6.38. The maximum Gasteiger partial charge on any atom is 0.156 e. The molecule has 1 aliphatic rings. The number of rotatable bonds is 6. The molecular weight excluding hydrogens is 234 g/mol. The molecule has 0 fully saturated rings. The molecule has 0 spiro atoms. The smallest absolute Gasteiger partial charge is 0.156 e. The van der Waals surface area contributed by atoms with Crippen molar-refractivity contribution in [3.8, 4) is 0 Å². The fourth-order valence-electron chi connectivity index (χ4n) is 1.33. The third kappa shape index (κ3) is 6.91. The summed E-state index contributed by atoms with van der Waals surface area (Å²) < 4.78 is 5.51. The Morgan fingerprint density at radius 3 is 2.76 bits per heavy atom. The van der Waals surface area contributed by atoms with Crippen molar-refractivity contribution in [3.63, 3.8) is 0 Å². The van der Waals surface area contributed by atoms with Crippen LogP contribution >= 0.6 is 11.8 Å². The number of hydrogen-bond donors (Lipinski definition) is 1. The average Bonchev–Trinajstić information content (AvgIpc) is 2.25. The van der Waals surface area contributed by atoms with Gasteiger partial charge in [-0.25, -0.2) is 0 Å². The van der Waals surface area contributed by atoms with Gasteiger partial charge in [-0.1, -0.05) is 25.6 Å². The molecule has 0 unspecified atom stereocenters. The van der Waals surface area contributed by atoms with E-state index >= 15 is 0 Å². The van der Waals surface area contributed by atoms with E-state index in [0.29, 0.717) is 5.41 Å². The lowest BCUT2D eigenvalue weighted by atomic mass is 9.97. The Labute approximate surface area is 109 Å². The van der Waals surface area contributed by atoms with E-state index in [-0.39, 0.29) is 0 Å². The quantitative estimate of drug-likeness (QED) is 0.729. The molecule has 0 aromatic rings. The largest absolute Gasteiger partial charge is 0.378 e. The maximum atomic E-state index is 5.51. The van der Waals surface area contributed by atoms with Crippen LogP contribution in [0.15, 0.2) is 4.99 Å². The third-order valence-corrected chi connectivity index (χ3v) is 3.93. The monoisotopic (exact) mass is 259 g/mol. The van der Waals surface area contributed by atoms with Crippen LogP contribution < -0.4 is 5.32 Å². The summed E-state index contributed by atoms with van der Waals surface area (Å²) in [4.78, 5) is 6.65. The average molecular weight is 259 g/mol. The van der Waals surface area contributed by atoms with Gasteiger partial charge in [-0.15, -0.1) is 0 Å². The molecule has 100 valence electrons. The first-order valence-electron chi connectivity index (χ1n) is 6.13. The zero-order valence-corrected chi connectivity index (χ0v) is 12.3. The lowest BCUT2D eigenvalue weighted by molar-refractivity contribution is 0.122. The number of thioether (sulfide) groups is 1. The predicted molar refractivity (Wildman–Crippen MR) is 75.9 cm³/mol. The molecule has 1 N–H and O–H groups in total. The first kappa shape index (κ1) is 14.8. The standard InChI is InChI=1S/C12H25N3OS/c1-12(2)9-14-11(17-10-12)13-5-7-16-8-6-15(3)4/h5-10H2,1-4H3,(H,13,14). The molecule has 17 heavy (non-hydrogen) atoms. The van der Waals surface area contributed by atoms with E-state index in [9.17, 15) is 0 Å². The molecule has 0 amide bonds. The molecule has 0 bridgehead atoms. The van der Waals surface area contributed by atoms with Gasteiger partial charge >= 0.3 is 0 Å². The highest BCUT2D eigenvalue weighted by atomic mass is 32.2. The van der Waals surface area contributed by atoms with E-state index in [2.05, 4.69) is 43.2 Å². The Morgan fingerprint density at radius 2 is 2.18 bits per heavy atom. The van der Waals surface area contributed by atoms with Crippen molar-refractivity contribution in [2.24, 2.45) is 10.4 Å². The van der Waals surface area contributed by atoms with Crippen LogP contribution in [0.2, 0.25) is 0 Å².